The van der Waals surface area contributed by atoms with Crippen LogP contribution in [0.15, 0.2) is 0 Å². The highest BCUT2D eigenvalue weighted by Gasteiger charge is 2.17. The van der Waals surface area contributed by atoms with E-state index in [4.69, 9.17) is 0 Å². The second-order valence-corrected chi connectivity index (χ2v) is 2.77. The second kappa shape index (κ2) is 2.27. The fourth-order valence-electron chi connectivity index (χ4n) is 0.210. The molecule has 44 valence electrons. The van der Waals surface area contributed by atoms with Gasteiger partial charge in [0.25, 0.3) is 0 Å². The van der Waals surface area contributed by atoms with Crippen LogP contribution < -0.4 is 9.44 Å². The van der Waals surface area contributed by atoms with Crippen LogP contribution in [0.3, 0.4) is 0 Å². The summed E-state index contributed by atoms with van der Waals surface area (Å²) < 4.78 is 4.52. The Hall–Kier alpha value is -0.360. The fourth-order valence-corrected chi connectivity index (χ4v) is 1.33. The number of amides is 2. The summed E-state index contributed by atoms with van der Waals surface area (Å²) in [5, 5.41) is 0. The average molecular weight is 150 g/mol. The maximum atomic E-state index is 10.2. The molecule has 1 saturated heterocycles. The van der Waals surface area contributed by atoms with Crippen molar-refractivity contribution < 1.29 is 9.59 Å². The lowest BCUT2D eigenvalue weighted by molar-refractivity contribution is -0.136. The van der Waals surface area contributed by atoms with Crippen molar-refractivity contribution in [3.8, 4) is 0 Å². The minimum absolute atomic E-state index is 0.589. The van der Waals surface area contributed by atoms with E-state index in [0.717, 1.165) is 22.0 Å². The molecule has 2 N–H and O–H groups in total. The molecule has 4 nitrogen and oxygen atoms in total. The molecule has 2 amide bonds. The Morgan fingerprint density at radius 3 is 1.62 bits per heavy atom. The zero-order valence-corrected chi connectivity index (χ0v) is 5.27. The first kappa shape index (κ1) is 5.77. The van der Waals surface area contributed by atoms with Gasteiger partial charge in [-0.3, -0.25) is 19.0 Å². The predicted octanol–water partition coefficient (Wildman–Crippen LogP) is -0.556. The molecule has 0 saturated carbocycles. The minimum atomic E-state index is -0.589. The number of hydrogen-bond acceptors (Lipinski definition) is 4. The lowest BCUT2D eigenvalue weighted by Gasteiger charge is -2.07. The van der Waals surface area contributed by atoms with Gasteiger partial charge >= 0.3 is 11.8 Å². The van der Waals surface area contributed by atoms with E-state index in [1.807, 2.05) is 0 Å². The molecule has 0 radical (unpaired) electrons. The SMILES string of the molecule is O=C1NSSNC1=O. The van der Waals surface area contributed by atoms with Crippen molar-refractivity contribution in [3.63, 3.8) is 0 Å². The summed E-state index contributed by atoms with van der Waals surface area (Å²) in [7, 11) is 2.18. The van der Waals surface area contributed by atoms with Gasteiger partial charge in [0.15, 0.2) is 0 Å². The maximum Gasteiger partial charge on any atom is 0.320 e. The molecule has 0 bridgehead atoms. The Balaban J connectivity index is 2.52. The molecule has 1 aliphatic heterocycles. The number of hydrogen-bond donors (Lipinski definition) is 2. The van der Waals surface area contributed by atoms with Crippen LogP contribution in [0.5, 0.6) is 0 Å². The van der Waals surface area contributed by atoms with Crippen molar-refractivity contribution >= 4 is 33.8 Å². The van der Waals surface area contributed by atoms with Crippen LogP contribution in [0.25, 0.3) is 0 Å². The van der Waals surface area contributed by atoms with Crippen molar-refractivity contribution in [1.29, 1.82) is 0 Å². The van der Waals surface area contributed by atoms with Crippen molar-refractivity contribution in [2.45, 2.75) is 0 Å². The van der Waals surface area contributed by atoms with Gasteiger partial charge in [-0.15, -0.1) is 0 Å². The summed E-state index contributed by atoms with van der Waals surface area (Å²) in [6.45, 7) is 0. The topological polar surface area (TPSA) is 58.2 Å². The Morgan fingerprint density at radius 2 is 1.38 bits per heavy atom. The largest absolute Gasteiger partial charge is 0.320 e. The molecule has 6 heteroatoms. The molecular formula is C2H2N2O2S2. The van der Waals surface area contributed by atoms with E-state index >= 15 is 0 Å². The summed E-state index contributed by atoms with van der Waals surface area (Å²) in [6, 6.07) is 0. The van der Waals surface area contributed by atoms with E-state index in [0.29, 0.717) is 0 Å². The smallest absolute Gasteiger partial charge is 0.281 e. The highest BCUT2D eigenvalue weighted by Crippen LogP contribution is 2.15. The zero-order valence-electron chi connectivity index (χ0n) is 3.63. The van der Waals surface area contributed by atoms with Crippen LogP contribution in [0, 0.1) is 0 Å². The molecule has 1 fully saturated rings. The average Bonchev–Trinajstić information content (AvgIpc) is 1.77. The number of carbonyl (C=O) groups is 2. The lowest BCUT2D eigenvalue weighted by atomic mass is 10.6. The molecule has 1 heterocycles. The van der Waals surface area contributed by atoms with Gasteiger partial charge in [-0.1, -0.05) is 0 Å². The van der Waals surface area contributed by atoms with Crippen molar-refractivity contribution in [2.75, 3.05) is 0 Å². The Bertz CT molecular complexity index is 120. The van der Waals surface area contributed by atoms with Crippen LogP contribution in [0.1, 0.15) is 0 Å². The quantitative estimate of drug-likeness (QED) is 0.276. The van der Waals surface area contributed by atoms with Crippen molar-refractivity contribution in [2.24, 2.45) is 0 Å². The first-order chi connectivity index (χ1) is 3.80. The number of rotatable bonds is 0. The molecule has 0 atom stereocenters. The molecule has 1 rings (SSSR count). The van der Waals surface area contributed by atoms with Gasteiger partial charge in [-0.05, 0) is 0 Å². The third-order valence-corrected chi connectivity index (χ3v) is 1.89. The Kier molecular flexibility index (Phi) is 1.64. The highest BCUT2D eigenvalue weighted by molar-refractivity contribution is 8.75. The summed E-state index contributed by atoms with van der Waals surface area (Å²) in [4.78, 5) is 20.5. The molecule has 0 aromatic rings. The second-order valence-electron chi connectivity index (χ2n) is 1.03. The molecule has 8 heavy (non-hydrogen) atoms. The molecule has 0 aliphatic carbocycles. The molecule has 0 spiro atoms. The Labute approximate surface area is 53.4 Å². The molecular weight excluding hydrogens is 148 g/mol. The zero-order chi connectivity index (χ0) is 5.98. The van der Waals surface area contributed by atoms with Crippen LogP contribution >= 0.6 is 22.0 Å². The minimum Gasteiger partial charge on any atom is -0.281 e. The van der Waals surface area contributed by atoms with Crippen molar-refractivity contribution in [3.05, 3.63) is 0 Å². The first-order valence-corrected chi connectivity index (χ1v) is 3.88. The van der Waals surface area contributed by atoms with E-state index in [1.165, 1.54) is 0 Å². The van der Waals surface area contributed by atoms with Crippen LogP contribution in [-0.2, 0) is 9.59 Å². The first-order valence-electron chi connectivity index (χ1n) is 1.73. The van der Waals surface area contributed by atoms with E-state index < -0.39 is 11.8 Å². The van der Waals surface area contributed by atoms with Crippen LogP contribution in [0.4, 0.5) is 0 Å². The van der Waals surface area contributed by atoms with Gasteiger partial charge in [0.05, 0.1) is 0 Å². The monoisotopic (exact) mass is 150 g/mol. The lowest BCUT2D eigenvalue weighted by Crippen LogP contribution is -2.37. The summed E-state index contributed by atoms with van der Waals surface area (Å²) in [6.07, 6.45) is 0. The van der Waals surface area contributed by atoms with E-state index in [-0.39, 0.29) is 0 Å². The van der Waals surface area contributed by atoms with E-state index in [9.17, 15) is 9.59 Å². The van der Waals surface area contributed by atoms with Gasteiger partial charge in [0.2, 0.25) is 0 Å². The molecule has 0 aromatic heterocycles. The standard InChI is InChI=1S/C2H2N2O2S2/c5-1-2(6)4-8-7-3-1/h(H,3,5)(H,4,6). The van der Waals surface area contributed by atoms with Gasteiger partial charge in [0, 0.05) is 22.0 Å². The maximum absolute atomic E-state index is 10.2. The third kappa shape index (κ3) is 1.07. The molecule has 0 unspecified atom stereocenters. The van der Waals surface area contributed by atoms with Crippen LogP contribution in [0.2, 0.25) is 0 Å². The summed E-state index contributed by atoms with van der Waals surface area (Å²) in [5.74, 6) is -1.18. The van der Waals surface area contributed by atoms with Crippen molar-refractivity contribution in [1.82, 2.24) is 9.44 Å². The Morgan fingerprint density at radius 1 is 1.00 bits per heavy atom. The van der Waals surface area contributed by atoms with E-state index in [2.05, 4.69) is 9.44 Å². The summed E-state index contributed by atoms with van der Waals surface area (Å²) >= 11 is 0. The number of nitrogens with one attached hydrogen (secondary N) is 2. The molecule has 0 aromatic carbocycles. The van der Waals surface area contributed by atoms with E-state index in [1.54, 1.807) is 0 Å². The van der Waals surface area contributed by atoms with Gasteiger partial charge < -0.3 is 0 Å². The van der Waals surface area contributed by atoms with Gasteiger partial charge in [0.1, 0.15) is 0 Å². The molecule has 1 aliphatic rings. The number of carbonyl (C=O) groups excluding carboxylic acids is 2. The summed E-state index contributed by atoms with van der Waals surface area (Å²) in [5.41, 5.74) is 0. The van der Waals surface area contributed by atoms with Crippen LogP contribution in [-0.4, -0.2) is 11.8 Å². The van der Waals surface area contributed by atoms with Gasteiger partial charge in [-0.25, -0.2) is 0 Å². The highest BCUT2D eigenvalue weighted by atomic mass is 33.1. The fraction of sp³-hybridized carbons (Fsp3) is 0. The predicted molar refractivity (Wildman–Crippen MR) is 31.5 cm³/mol. The van der Waals surface area contributed by atoms with Gasteiger partial charge in [-0.2, -0.15) is 0 Å². The third-order valence-electron chi connectivity index (χ3n) is 0.517. The normalized spacial score (nSPS) is 19.5.